The van der Waals surface area contributed by atoms with Gasteiger partial charge in [-0.3, -0.25) is 4.79 Å². The summed E-state index contributed by atoms with van der Waals surface area (Å²) in [6.07, 6.45) is 8.39. The van der Waals surface area contributed by atoms with Crippen molar-refractivity contribution in [1.82, 2.24) is 0 Å². The van der Waals surface area contributed by atoms with Gasteiger partial charge in [0, 0.05) is 11.8 Å². The summed E-state index contributed by atoms with van der Waals surface area (Å²) in [5.74, 6) is 0.469. The molecule has 0 aromatic carbocycles. The highest BCUT2D eigenvalue weighted by molar-refractivity contribution is 5.92. The SMILES string of the molecule is O=C1CC[C@@]12C=CCC2. The van der Waals surface area contributed by atoms with Crippen LogP contribution in [0.4, 0.5) is 0 Å². The second-order valence-electron chi connectivity index (χ2n) is 3.02. The fraction of sp³-hybridized carbons (Fsp3) is 0.625. The van der Waals surface area contributed by atoms with E-state index in [0.29, 0.717) is 5.78 Å². The van der Waals surface area contributed by atoms with Gasteiger partial charge < -0.3 is 0 Å². The van der Waals surface area contributed by atoms with E-state index in [1.807, 2.05) is 0 Å². The van der Waals surface area contributed by atoms with E-state index in [-0.39, 0.29) is 5.41 Å². The molecule has 1 fully saturated rings. The monoisotopic (exact) mass is 122 g/mol. The normalized spacial score (nSPS) is 39.8. The Labute approximate surface area is 54.8 Å². The predicted octanol–water partition coefficient (Wildman–Crippen LogP) is 1.69. The summed E-state index contributed by atoms with van der Waals surface area (Å²) in [5.41, 5.74) is 0.0556. The van der Waals surface area contributed by atoms with E-state index in [1.165, 1.54) is 0 Å². The van der Waals surface area contributed by atoms with Crippen molar-refractivity contribution in [2.75, 3.05) is 0 Å². The van der Waals surface area contributed by atoms with E-state index in [1.54, 1.807) is 0 Å². The van der Waals surface area contributed by atoms with Gasteiger partial charge in [-0.1, -0.05) is 12.2 Å². The largest absolute Gasteiger partial charge is 0.299 e. The molecule has 0 saturated heterocycles. The predicted molar refractivity (Wildman–Crippen MR) is 35.0 cm³/mol. The third kappa shape index (κ3) is 0.521. The van der Waals surface area contributed by atoms with Crippen LogP contribution in [0.2, 0.25) is 0 Å². The Bertz CT molecular complexity index is 181. The Morgan fingerprint density at radius 1 is 1.44 bits per heavy atom. The van der Waals surface area contributed by atoms with Gasteiger partial charge >= 0.3 is 0 Å². The van der Waals surface area contributed by atoms with E-state index in [0.717, 1.165) is 25.7 Å². The molecule has 1 saturated carbocycles. The lowest BCUT2D eigenvalue weighted by Crippen LogP contribution is -2.36. The molecule has 0 bridgehead atoms. The molecule has 0 aliphatic heterocycles. The molecule has 9 heavy (non-hydrogen) atoms. The molecule has 1 nitrogen and oxygen atoms in total. The third-order valence-electron chi connectivity index (χ3n) is 2.55. The maximum absolute atomic E-state index is 11.0. The van der Waals surface area contributed by atoms with Crippen LogP contribution in [0.3, 0.4) is 0 Å². The second kappa shape index (κ2) is 1.47. The van der Waals surface area contributed by atoms with Gasteiger partial charge in [-0.05, 0) is 19.3 Å². The van der Waals surface area contributed by atoms with Gasteiger partial charge in [-0.25, -0.2) is 0 Å². The molecule has 2 rings (SSSR count). The van der Waals surface area contributed by atoms with Crippen molar-refractivity contribution in [3.63, 3.8) is 0 Å². The first-order chi connectivity index (χ1) is 4.33. The van der Waals surface area contributed by atoms with Crippen molar-refractivity contribution >= 4 is 5.78 Å². The summed E-state index contributed by atoms with van der Waals surface area (Å²) >= 11 is 0. The summed E-state index contributed by atoms with van der Waals surface area (Å²) in [5, 5.41) is 0. The molecule has 0 aromatic rings. The van der Waals surface area contributed by atoms with Crippen LogP contribution in [0.5, 0.6) is 0 Å². The zero-order valence-electron chi connectivity index (χ0n) is 5.39. The van der Waals surface area contributed by atoms with Crippen molar-refractivity contribution in [2.24, 2.45) is 5.41 Å². The van der Waals surface area contributed by atoms with E-state index in [4.69, 9.17) is 0 Å². The average Bonchev–Trinajstić information content (AvgIpc) is 2.34. The smallest absolute Gasteiger partial charge is 0.142 e. The van der Waals surface area contributed by atoms with Gasteiger partial charge in [0.05, 0.1) is 0 Å². The number of rotatable bonds is 0. The molecule has 0 radical (unpaired) electrons. The molecular weight excluding hydrogens is 112 g/mol. The van der Waals surface area contributed by atoms with Crippen LogP contribution in [0.15, 0.2) is 12.2 Å². The molecule has 0 aromatic heterocycles. The minimum absolute atomic E-state index is 0.0556. The van der Waals surface area contributed by atoms with E-state index in [2.05, 4.69) is 12.2 Å². The molecule has 0 heterocycles. The maximum Gasteiger partial charge on any atom is 0.142 e. The van der Waals surface area contributed by atoms with Crippen molar-refractivity contribution in [2.45, 2.75) is 25.7 Å². The second-order valence-corrected chi connectivity index (χ2v) is 3.02. The van der Waals surface area contributed by atoms with E-state index in [9.17, 15) is 4.79 Å². The zero-order valence-corrected chi connectivity index (χ0v) is 5.39. The van der Waals surface area contributed by atoms with Crippen molar-refractivity contribution in [1.29, 1.82) is 0 Å². The highest BCUT2D eigenvalue weighted by Gasteiger charge is 2.44. The Kier molecular flexibility index (Phi) is 0.850. The lowest BCUT2D eigenvalue weighted by Gasteiger charge is -2.34. The lowest BCUT2D eigenvalue weighted by molar-refractivity contribution is -0.134. The first-order valence-electron chi connectivity index (χ1n) is 3.55. The molecular formula is C8H10O. The van der Waals surface area contributed by atoms with Gasteiger partial charge in [-0.2, -0.15) is 0 Å². The van der Waals surface area contributed by atoms with Gasteiger partial charge in [0.1, 0.15) is 5.78 Å². The minimum atomic E-state index is 0.0556. The Balaban J connectivity index is 2.25. The molecule has 0 unspecified atom stereocenters. The summed E-state index contributed by atoms with van der Waals surface area (Å²) in [6, 6.07) is 0. The molecule has 0 N–H and O–H groups in total. The molecule has 2 aliphatic carbocycles. The van der Waals surface area contributed by atoms with E-state index < -0.39 is 0 Å². The topological polar surface area (TPSA) is 17.1 Å². The van der Waals surface area contributed by atoms with Crippen molar-refractivity contribution in [3.05, 3.63) is 12.2 Å². The molecule has 0 amide bonds. The highest BCUT2D eigenvalue weighted by Crippen LogP contribution is 2.45. The van der Waals surface area contributed by atoms with Crippen LogP contribution < -0.4 is 0 Å². The van der Waals surface area contributed by atoms with Gasteiger partial charge in [-0.15, -0.1) is 0 Å². The quantitative estimate of drug-likeness (QED) is 0.447. The number of carbonyl (C=O) groups is 1. The number of hydrogen-bond acceptors (Lipinski definition) is 1. The number of allylic oxidation sites excluding steroid dienone is 2. The standard InChI is InChI=1S/C8H10O/c9-7-3-6-8(7)4-1-2-5-8/h1,4H,2-3,5-6H2/t8-/m0/s1. The van der Waals surface area contributed by atoms with Crippen LogP contribution in [0, 0.1) is 5.41 Å². The number of ketones is 1. The highest BCUT2D eigenvalue weighted by atomic mass is 16.1. The maximum atomic E-state index is 11.0. The van der Waals surface area contributed by atoms with E-state index >= 15 is 0 Å². The Hall–Kier alpha value is -0.590. The summed E-state index contributed by atoms with van der Waals surface area (Å²) in [7, 11) is 0. The summed E-state index contributed by atoms with van der Waals surface area (Å²) in [4.78, 5) is 11.0. The molecule has 48 valence electrons. The van der Waals surface area contributed by atoms with Crippen LogP contribution in [0.1, 0.15) is 25.7 Å². The van der Waals surface area contributed by atoms with Gasteiger partial charge in [0.2, 0.25) is 0 Å². The molecule has 1 spiro atoms. The Morgan fingerprint density at radius 2 is 2.33 bits per heavy atom. The molecule has 1 heteroatoms. The summed E-state index contributed by atoms with van der Waals surface area (Å²) in [6.45, 7) is 0. The van der Waals surface area contributed by atoms with Crippen molar-refractivity contribution < 1.29 is 4.79 Å². The first kappa shape index (κ1) is 5.21. The number of carbonyl (C=O) groups excluding carboxylic acids is 1. The van der Waals surface area contributed by atoms with Crippen LogP contribution in [-0.2, 0) is 4.79 Å². The fourth-order valence-electron chi connectivity index (χ4n) is 1.72. The summed E-state index contributed by atoms with van der Waals surface area (Å²) < 4.78 is 0. The fourth-order valence-corrected chi connectivity index (χ4v) is 1.72. The van der Waals surface area contributed by atoms with Crippen LogP contribution in [-0.4, -0.2) is 5.78 Å². The Morgan fingerprint density at radius 3 is 2.56 bits per heavy atom. The first-order valence-corrected chi connectivity index (χ1v) is 3.55. The van der Waals surface area contributed by atoms with Gasteiger partial charge in [0.15, 0.2) is 0 Å². The number of Topliss-reactive ketones (excluding diaryl/α,β-unsaturated/α-hetero) is 1. The third-order valence-corrected chi connectivity index (χ3v) is 2.55. The molecule has 2 aliphatic rings. The number of hydrogen-bond donors (Lipinski definition) is 0. The molecule has 1 atom stereocenters. The minimum Gasteiger partial charge on any atom is -0.299 e. The van der Waals surface area contributed by atoms with Crippen LogP contribution >= 0.6 is 0 Å². The van der Waals surface area contributed by atoms with Gasteiger partial charge in [0.25, 0.3) is 0 Å². The lowest BCUT2D eigenvalue weighted by atomic mass is 9.67. The average molecular weight is 122 g/mol. The van der Waals surface area contributed by atoms with Crippen LogP contribution in [0.25, 0.3) is 0 Å². The van der Waals surface area contributed by atoms with Crippen molar-refractivity contribution in [3.8, 4) is 0 Å². The zero-order chi connectivity index (χ0) is 6.32.